The van der Waals surface area contributed by atoms with Gasteiger partial charge in [-0.15, -0.1) is 10.2 Å². The first kappa shape index (κ1) is 22.0. The second-order valence-corrected chi connectivity index (χ2v) is 8.47. The van der Waals surface area contributed by atoms with E-state index in [0.29, 0.717) is 27.4 Å². The summed E-state index contributed by atoms with van der Waals surface area (Å²) < 4.78 is 7.26. The monoisotopic (exact) mass is 473 g/mol. The van der Waals surface area contributed by atoms with Crippen molar-refractivity contribution in [3.63, 3.8) is 0 Å². The number of benzene rings is 2. The van der Waals surface area contributed by atoms with Crippen LogP contribution in [0.3, 0.4) is 0 Å². The third kappa shape index (κ3) is 4.37. The number of amides is 2. The molecule has 166 valence electrons. The first-order valence-electron chi connectivity index (χ1n) is 9.69. The minimum Gasteiger partial charge on any atom is -0.506 e. The highest BCUT2D eigenvalue weighted by Crippen LogP contribution is 2.37. The number of rotatable bonds is 6. The van der Waals surface area contributed by atoms with Gasteiger partial charge in [0, 0.05) is 12.1 Å². The van der Waals surface area contributed by atoms with Gasteiger partial charge in [-0.25, -0.2) is 0 Å². The van der Waals surface area contributed by atoms with Gasteiger partial charge in [-0.05, 0) is 37.3 Å². The molecule has 2 aromatic carbocycles. The van der Waals surface area contributed by atoms with E-state index in [1.807, 2.05) is 31.2 Å². The van der Waals surface area contributed by atoms with Crippen molar-refractivity contribution in [3.8, 4) is 11.5 Å². The lowest BCUT2D eigenvalue weighted by Crippen LogP contribution is -2.41. The molecular formula is C21H20ClN5O4S. The highest BCUT2D eigenvalue weighted by atomic mass is 35.5. The Labute approximate surface area is 193 Å². The molecule has 32 heavy (non-hydrogen) atoms. The van der Waals surface area contributed by atoms with Crippen molar-refractivity contribution in [1.29, 1.82) is 0 Å². The van der Waals surface area contributed by atoms with Crippen LogP contribution in [0.5, 0.6) is 11.5 Å². The maximum Gasteiger partial charge on any atom is 0.265 e. The lowest BCUT2D eigenvalue weighted by molar-refractivity contribution is -0.121. The normalized spacial score (nSPS) is 14.0. The molecule has 0 saturated carbocycles. The van der Waals surface area contributed by atoms with Crippen LogP contribution in [0, 0.1) is 0 Å². The summed E-state index contributed by atoms with van der Waals surface area (Å²) in [4.78, 5) is 26.5. The smallest absolute Gasteiger partial charge is 0.265 e. The van der Waals surface area contributed by atoms with Crippen molar-refractivity contribution >= 4 is 46.6 Å². The molecule has 9 nitrogen and oxygen atoms in total. The molecule has 1 aliphatic heterocycles. The van der Waals surface area contributed by atoms with Gasteiger partial charge in [0.1, 0.15) is 11.5 Å². The Balaban J connectivity index is 1.46. The Kier molecular flexibility index (Phi) is 6.24. The average molecular weight is 474 g/mol. The zero-order chi connectivity index (χ0) is 22.8. The van der Waals surface area contributed by atoms with E-state index < -0.39 is 6.04 Å². The largest absolute Gasteiger partial charge is 0.506 e. The van der Waals surface area contributed by atoms with Crippen molar-refractivity contribution in [2.45, 2.75) is 18.1 Å². The number of carbonyl (C=O) groups is 2. The molecular weight excluding hydrogens is 454 g/mol. The van der Waals surface area contributed by atoms with Gasteiger partial charge in [0.05, 0.1) is 23.2 Å². The number of aromatic nitrogens is 3. The van der Waals surface area contributed by atoms with Gasteiger partial charge in [0.2, 0.25) is 5.91 Å². The summed E-state index contributed by atoms with van der Waals surface area (Å²) >= 11 is 7.10. The molecule has 1 aromatic heterocycles. The van der Waals surface area contributed by atoms with E-state index in [-0.39, 0.29) is 35.6 Å². The van der Waals surface area contributed by atoms with E-state index in [0.717, 1.165) is 0 Å². The Hall–Kier alpha value is -3.24. The molecule has 2 N–H and O–H groups in total. The number of carbonyl (C=O) groups excluding carboxylic acids is 2. The van der Waals surface area contributed by atoms with Gasteiger partial charge in [-0.1, -0.05) is 35.5 Å². The molecule has 2 amide bonds. The van der Waals surface area contributed by atoms with E-state index in [1.165, 1.54) is 30.0 Å². The van der Waals surface area contributed by atoms with Crippen molar-refractivity contribution in [2.24, 2.45) is 7.05 Å². The van der Waals surface area contributed by atoms with Crippen molar-refractivity contribution in [2.75, 3.05) is 22.6 Å². The summed E-state index contributed by atoms with van der Waals surface area (Å²) in [6.45, 7) is 1.82. The quantitative estimate of drug-likeness (QED) is 0.417. The third-order valence-corrected chi connectivity index (χ3v) is 6.19. The number of fused-ring (bicyclic) bond motifs is 1. The number of phenols is 1. The van der Waals surface area contributed by atoms with Crippen LogP contribution in [-0.4, -0.2) is 44.0 Å². The number of nitrogens with zero attached hydrogens (tertiary/aromatic N) is 4. The molecule has 0 saturated heterocycles. The molecule has 0 radical (unpaired) electrons. The maximum absolute atomic E-state index is 12.6. The fourth-order valence-corrected chi connectivity index (χ4v) is 4.29. The summed E-state index contributed by atoms with van der Waals surface area (Å²) in [6, 6.07) is 11.3. The number of thioether (sulfide) groups is 1. The van der Waals surface area contributed by atoms with Crippen LogP contribution < -0.4 is 15.0 Å². The fraction of sp³-hybridized carbons (Fsp3) is 0.238. The number of para-hydroxylation sites is 2. The highest BCUT2D eigenvalue weighted by molar-refractivity contribution is 7.99. The Bertz CT molecular complexity index is 1180. The van der Waals surface area contributed by atoms with Crippen LogP contribution in [0.4, 0.5) is 11.4 Å². The molecule has 1 atom stereocenters. The van der Waals surface area contributed by atoms with Gasteiger partial charge in [0.25, 0.3) is 5.91 Å². The van der Waals surface area contributed by atoms with E-state index in [4.69, 9.17) is 16.3 Å². The second kappa shape index (κ2) is 9.09. The fourth-order valence-electron chi connectivity index (χ4n) is 3.40. The van der Waals surface area contributed by atoms with Crippen LogP contribution in [0.25, 0.3) is 0 Å². The Morgan fingerprint density at radius 3 is 2.91 bits per heavy atom. The van der Waals surface area contributed by atoms with Crippen LogP contribution in [0.1, 0.15) is 18.8 Å². The summed E-state index contributed by atoms with van der Waals surface area (Å²) in [5, 5.41) is 21.8. The first-order valence-corrected chi connectivity index (χ1v) is 11.1. The lowest BCUT2D eigenvalue weighted by Gasteiger charge is -2.33. The molecule has 0 aliphatic carbocycles. The van der Waals surface area contributed by atoms with Crippen molar-refractivity contribution in [3.05, 3.63) is 53.3 Å². The number of hydrogen-bond donors (Lipinski definition) is 2. The third-order valence-electron chi connectivity index (χ3n) is 4.94. The highest BCUT2D eigenvalue weighted by Gasteiger charge is 2.32. The van der Waals surface area contributed by atoms with E-state index in [1.54, 1.807) is 16.5 Å². The van der Waals surface area contributed by atoms with Gasteiger partial charge >= 0.3 is 0 Å². The topological polar surface area (TPSA) is 110 Å². The minimum absolute atomic E-state index is 0.0443. The number of nitrogens with one attached hydrogen (secondary N) is 1. The van der Waals surface area contributed by atoms with Gasteiger partial charge in [-0.3, -0.25) is 14.5 Å². The van der Waals surface area contributed by atoms with Gasteiger partial charge < -0.3 is 19.7 Å². The van der Waals surface area contributed by atoms with Crippen LogP contribution in [-0.2, 0) is 16.6 Å². The van der Waals surface area contributed by atoms with Crippen molar-refractivity contribution in [1.82, 2.24) is 14.8 Å². The minimum atomic E-state index is -0.392. The molecule has 1 aliphatic rings. The number of aromatic hydroxyl groups is 1. The molecule has 0 unspecified atom stereocenters. The molecule has 4 rings (SSSR count). The number of ether oxygens (including phenoxy) is 1. The number of anilines is 2. The number of hydrogen-bond acceptors (Lipinski definition) is 7. The van der Waals surface area contributed by atoms with E-state index >= 15 is 0 Å². The first-order chi connectivity index (χ1) is 15.3. The van der Waals surface area contributed by atoms with Crippen LogP contribution >= 0.6 is 23.4 Å². The summed E-state index contributed by atoms with van der Waals surface area (Å²) in [5.74, 6) is 0.683. The lowest BCUT2D eigenvalue weighted by atomic mass is 10.1. The number of halogens is 1. The molecule has 0 spiro atoms. The van der Waals surface area contributed by atoms with Gasteiger partial charge in [-0.2, -0.15) is 0 Å². The standard InChI is InChI=1S/C21H20ClN5O4S/c1-12(27-15-5-3-4-6-17(15)31-10-19(27)30)20-24-25-21(26(20)2)32-11-18(29)23-14-9-13(22)7-8-16(14)28/h3-9,12,28H,10-11H2,1-2H3,(H,23,29)/t12-/m0/s1. The second-order valence-electron chi connectivity index (χ2n) is 7.09. The maximum atomic E-state index is 12.6. The molecule has 0 fully saturated rings. The SMILES string of the molecule is C[C@@H](c1nnc(SCC(=O)Nc2cc(Cl)ccc2O)n1C)N1C(=O)COc2ccccc21. The summed E-state index contributed by atoms with van der Waals surface area (Å²) in [7, 11) is 1.78. The van der Waals surface area contributed by atoms with E-state index in [9.17, 15) is 14.7 Å². The molecule has 0 bridgehead atoms. The van der Waals surface area contributed by atoms with Crippen molar-refractivity contribution < 1.29 is 19.4 Å². The molecule has 3 aromatic rings. The molecule has 11 heteroatoms. The predicted octanol–water partition coefficient (Wildman–Crippen LogP) is 3.39. The average Bonchev–Trinajstić information content (AvgIpc) is 3.14. The zero-order valence-electron chi connectivity index (χ0n) is 17.3. The predicted molar refractivity (Wildman–Crippen MR) is 121 cm³/mol. The zero-order valence-corrected chi connectivity index (χ0v) is 18.9. The molecule has 2 heterocycles. The Morgan fingerprint density at radius 2 is 2.09 bits per heavy atom. The summed E-state index contributed by atoms with van der Waals surface area (Å²) in [5.41, 5.74) is 0.911. The Morgan fingerprint density at radius 1 is 1.31 bits per heavy atom. The van der Waals surface area contributed by atoms with Crippen LogP contribution in [0.2, 0.25) is 5.02 Å². The summed E-state index contributed by atoms with van der Waals surface area (Å²) in [6.07, 6.45) is 0. The van der Waals surface area contributed by atoms with Crippen LogP contribution in [0.15, 0.2) is 47.6 Å². The van der Waals surface area contributed by atoms with E-state index in [2.05, 4.69) is 15.5 Å². The number of phenolic OH excluding ortho intramolecular Hbond substituents is 1. The van der Waals surface area contributed by atoms with Gasteiger partial charge in [0.15, 0.2) is 17.6 Å².